The predicted octanol–water partition coefficient (Wildman–Crippen LogP) is 5.07. The van der Waals surface area contributed by atoms with Gasteiger partial charge in [0.05, 0.1) is 23.4 Å². The van der Waals surface area contributed by atoms with Crippen LogP contribution in [-0.4, -0.2) is 52.6 Å². The van der Waals surface area contributed by atoms with E-state index in [1.54, 1.807) is 42.6 Å². The van der Waals surface area contributed by atoms with Crippen LogP contribution in [0.25, 0.3) is 10.9 Å². The number of aromatic nitrogens is 1. The number of hydrogen-bond donors (Lipinski definition) is 4. The van der Waals surface area contributed by atoms with E-state index >= 15 is 0 Å². The Bertz CT molecular complexity index is 1970. The minimum Gasteiger partial charge on any atom is -0.493 e. The van der Waals surface area contributed by atoms with Crippen molar-refractivity contribution in [1.29, 1.82) is 0 Å². The second kappa shape index (κ2) is 16.8. The van der Waals surface area contributed by atoms with E-state index in [2.05, 4.69) is 30.2 Å². The molecule has 1 heterocycles. The van der Waals surface area contributed by atoms with Crippen molar-refractivity contribution in [3.63, 3.8) is 0 Å². The van der Waals surface area contributed by atoms with Crippen LogP contribution in [0.5, 0.6) is 17.2 Å². The van der Waals surface area contributed by atoms with Crippen molar-refractivity contribution in [1.82, 2.24) is 10.3 Å². The summed E-state index contributed by atoms with van der Waals surface area (Å²) in [5.41, 5.74) is 6.04. The normalized spacial score (nSPS) is 12.8. The molecule has 3 aromatic carbocycles. The molecule has 15 heteroatoms. The lowest BCUT2D eigenvalue weighted by Gasteiger charge is -2.17. The molecule has 0 radical (unpaired) electrons. The summed E-state index contributed by atoms with van der Waals surface area (Å²) in [6.07, 6.45) is 4.51. The van der Waals surface area contributed by atoms with E-state index in [-0.39, 0.29) is 22.3 Å². The first-order chi connectivity index (χ1) is 24.4. The molecule has 266 valence electrons. The fourth-order valence-electron chi connectivity index (χ4n) is 5.14. The number of fused-ring (bicyclic) bond motifs is 1. The van der Waals surface area contributed by atoms with Gasteiger partial charge in [-0.05, 0) is 86.7 Å². The molecule has 4 aromatic rings. The van der Waals surface area contributed by atoms with Crippen LogP contribution in [0.15, 0.2) is 66.9 Å². The Hall–Kier alpha value is -5.07. The Balaban J connectivity index is 1.19. The molecule has 4 amide bonds. The first kappa shape index (κ1) is 37.2. The number of benzene rings is 3. The highest BCUT2D eigenvalue weighted by molar-refractivity contribution is 8.14. The highest BCUT2D eigenvalue weighted by Crippen LogP contribution is 2.47. The van der Waals surface area contributed by atoms with Gasteiger partial charge in [0, 0.05) is 47.8 Å². The van der Waals surface area contributed by atoms with Crippen LogP contribution < -0.4 is 36.5 Å². The van der Waals surface area contributed by atoms with E-state index in [0.717, 1.165) is 24.6 Å². The summed E-state index contributed by atoms with van der Waals surface area (Å²) in [5.74, 6) is -0.928. The molecule has 0 spiro atoms. The SMILES string of the molecule is CC(=O)SCC(=O)NCCCCCOc1cc2nccc(Oc3ccc(NC(=O)C4(C(=O)Nc5ccc(F)cc5)CC4)cc3P)c2cc1C(N)=O. The molecule has 1 fully saturated rings. The Morgan fingerprint density at radius 1 is 0.902 bits per heavy atom. The molecule has 51 heavy (non-hydrogen) atoms. The van der Waals surface area contributed by atoms with Gasteiger partial charge in [0.1, 0.15) is 28.5 Å². The quantitative estimate of drug-likeness (QED) is 0.0696. The number of hydrogen-bond acceptors (Lipinski definition) is 9. The lowest BCUT2D eigenvalue weighted by Crippen LogP contribution is -2.35. The zero-order valence-electron chi connectivity index (χ0n) is 27.8. The van der Waals surface area contributed by atoms with Gasteiger partial charge in [0.25, 0.3) is 5.91 Å². The number of primary amides is 1. The summed E-state index contributed by atoms with van der Waals surface area (Å²) in [6, 6.07) is 15.2. The first-order valence-corrected chi connectivity index (χ1v) is 17.7. The van der Waals surface area contributed by atoms with Crippen molar-refractivity contribution in [3.05, 3.63) is 78.2 Å². The van der Waals surface area contributed by atoms with Gasteiger partial charge >= 0.3 is 0 Å². The third-order valence-corrected chi connectivity index (χ3v) is 9.35. The van der Waals surface area contributed by atoms with Gasteiger partial charge in [-0.2, -0.15) is 0 Å². The third kappa shape index (κ3) is 9.80. The molecular weight excluding hydrogens is 696 g/mol. The van der Waals surface area contributed by atoms with Crippen molar-refractivity contribution < 1.29 is 37.8 Å². The maximum Gasteiger partial charge on any atom is 0.252 e. The smallest absolute Gasteiger partial charge is 0.252 e. The number of unbranched alkanes of at least 4 members (excludes halogenated alkanes) is 2. The number of amides is 4. The van der Waals surface area contributed by atoms with Gasteiger partial charge in [-0.1, -0.05) is 11.8 Å². The number of carbonyl (C=O) groups is 5. The largest absolute Gasteiger partial charge is 0.493 e. The number of nitrogens with one attached hydrogen (secondary N) is 3. The number of thioether (sulfide) groups is 1. The number of nitrogens with zero attached hydrogens (tertiary/aromatic N) is 1. The lowest BCUT2D eigenvalue weighted by atomic mass is 10.0. The zero-order chi connectivity index (χ0) is 36.5. The van der Waals surface area contributed by atoms with E-state index < -0.39 is 29.0 Å². The van der Waals surface area contributed by atoms with Crippen LogP contribution in [0.4, 0.5) is 15.8 Å². The number of ether oxygens (including phenoxy) is 2. The van der Waals surface area contributed by atoms with Crippen LogP contribution in [0.1, 0.15) is 49.4 Å². The fraction of sp³-hybridized carbons (Fsp3) is 0.278. The second-order valence-electron chi connectivity index (χ2n) is 11.9. The Morgan fingerprint density at radius 3 is 2.27 bits per heavy atom. The lowest BCUT2D eigenvalue weighted by molar-refractivity contribution is -0.131. The van der Waals surface area contributed by atoms with Gasteiger partial charge in [0.2, 0.25) is 17.7 Å². The average Bonchev–Trinajstić information content (AvgIpc) is 3.91. The number of pyridine rings is 1. The molecule has 1 aliphatic carbocycles. The topological polar surface area (TPSA) is 179 Å². The van der Waals surface area contributed by atoms with E-state index in [4.69, 9.17) is 15.2 Å². The predicted molar refractivity (Wildman–Crippen MR) is 197 cm³/mol. The van der Waals surface area contributed by atoms with Crippen molar-refractivity contribution in [2.45, 2.75) is 39.0 Å². The van der Waals surface area contributed by atoms with Crippen molar-refractivity contribution in [2.75, 3.05) is 29.5 Å². The van der Waals surface area contributed by atoms with E-state index in [9.17, 15) is 28.4 Å². The molecule has 5 rings (SSSR count). The molecular formula is C36H37FN5O7PS. The number of anilines is 2. The second-order valence-corrected chi connectivity index (χ2v) is 13.7. The molecule has 1 aromatic heterocycles. The molecule has 1 atom stereocenters. The van der Waals surface area contributed by atoms with Crippen molar-refractivity contribution in [3.8, 4) is 17.2 Å². The highest BCUT2D eigenvalue weighted by Gasteiger charge is 2.56. The number of rotatable bonds is 16. The highest BCUT2D eigenvalue weighted by atomic mass is 32.2. The van der Waals surface area contributed by atoms with Crippen molar-refractivity contribution in [2.24, 2.45) is 11.1 Å². The Labute approximate surface area is 300 Å². The van der Waals surface area contributed by atoms with Gasteiger partial charge in [0.15, 0.2) is 5.12 Å². The van der Waals surface area contributed by atoms with Crippen LogP contribution >= 0.6 is 21.0 Å². The van der Waals surface area contributed by atoms with Crippen molar-refractivity contribution >= 4 is 77.3 Å². The minimum absolute atomic E-state index is 0.104. The maximum absolute atomic E-state index is 13.2. The van der Waals surface area contributed by atoms with Crippen LogP contribution in [0, 0.1) is 11.2 Å². The summed E-state index contributed by atoms with van der Waals surface area (Å²) in [5, 5.41) is 9.32. The molecule has 1 saturated carbocycles. The maximum atomic E-state index is 13.2. The number of nitrogens with two attached hydrogens (primary N) is 1. The molecule has 0 bridgehead atoms. The summed E-state index contributed by atoms with van der Waals surface area (Å²) in [6.45, 7) is 2.22. The van der Waals surface area contributed by atoms with E-state index in [1.807, 2.05) is 0 Å². The monoisotopic (exact) mass is 733 g/mol. The third-order valence-electron chi connectivity index (χ3n) is 8.08. The molecule has 1 unspecified atom stereocenters. The van der Waals surface area contributed by atoms with Gasteiger partial charge in [-0.3, -0.25) is 29.0 Å². The molecule has 12 nitrogen and oxygen atoms in total. The van der Waals surface area contributed by atoms with Gasteiger partial charge in [-0.15, -0.1) is 9.24 Å². The summed E-state index contributed by atoms with van der Waals surface area (Å²) >= 11 is 0.968. The van der Waals surface area contributed by atoms with E-state index in [0.29, 0.717) is 77.2 Å². The Morgan fingerprint density at radius 2 is 1.61 bits per heavy atom. The van der Waals surface area contributed by atoms with Gasteiger partial charge in [-0.25, -0.2) is 4.39 Å². The standard InChI is InChI=1S/C36H37FN5O7PS/c1-21(43)51-20-32(44)40-14-3-2-4-16-48-30-19-27-25(18-26(30)33(38)45)28(11-15-39-27)49-29-10-9-24(17-31(29)50)42-35(47)36(12-13-36)34(46)41-23-7-5-22(37)6-8-23/h5-11,15,17-19H,2-4,12-14,16,20,50H2,1H3,(H2,38,45)(H,40,44)(H,41,46)(H,42,47). The zero-order valence-corrected chi connectivity index (χ0v) is 29.7. The van der Waals surface area contributed by atoms with Crippen LogP contribution in [-0.2, 0) is 19.2 Å². The summed E-state index contributed by atoms with van der Waals surface area (Å²) in [4.78, 5) is 65.6. The number of halogens is 1. The summed E-state index contributed by atoms with van der Waals surface area (Å²) in [7, 11) is 2.56. The Kier molecular flexibility index (Phi) is 12.2. The molecule has 5 N–H and O–H groups in total. The summed E-state index contributed by atoms with van der Waals surface area (Å²) < 4.78 is 25.4. The average molecular weight is 734 g/mol. The van der Waals surface area contributed by atoms with E-state index in [1.165, 1.54) is 31.2 Å². The fourth-order valence-corrected chi connectivity index (χ4v) is 5.91. The number of carbonyl (C=O) groups excluding carboxylic acids is 5. The first-order valence-electron chi connectivity index (χ1n) is 16.2. The molecule has 0 saturated heterocycles. The van der Waals surface area contributed by atoms with Gasteiger partial charge < -0.3 is 31.2 Å². The minimum atomic E-state index is -1.21. The van der Waals surface area contributed by atoms with Crippen LogP contribution in [0.3, 0.4) is 0 Å². The van der Waals surface area contributed by atoms with Crippen LogP contribution in [0.2, 0.25) is 0 Å². The molecule has 0 aliphatic heterocycles. The molecule has 1 aliphatic rings.